The number of nitrogens with one attached hydrogen (secondary N) is 1. The first-order chi connectivity index (χ1) is 7.17. The summed E-state index contributed by atoms with van der Waals surface area (Å²) < 4.78 is 5.51. The highest BCUT2D eigenvalue weighted by atomic mass is 16.5. The molecular formula is C12H26N2O. The van der Waals surface area contributed by atoms with Gasteiger partial charge in [-0.25, -0.2) is 0 Å². The summed E-state index contributed by atoms with van der Waals surface area (Å²) in [6.45, 7) is 8.06. The Kier molecular flexibility index (Phi) is 5.58. The normalized spacial score (nSPS) is 30.4. The number of nitrogens with zero attached hydrogens (tertiary/aromatic N) is 1. The van der Waals surface area contributed by atoms with Gasteiger partial charge in [0.05, 0.1) is 6.10 Å². The summed E-state index contributed by atoms with van der Waals surface area (Å²) in [6, 6.07) is 0.616. The van der Waals surface area contributed by atoms with Crippen LogP contribution in [0.3, 0.4) is 0 Å². The van der Waals surface area contributed by atoms with E-state index < -0.39 is 0 Å². The van der Waals surface area contributed by atoms with Gasteiger partial charge in [0, 0.05) is 19.7 Å². The van der Waals surface area contributed by atoms with E-state index >= 15 is 0 Å². The van der Waals surface area contributed by atoms with E-state index in [0.717, 1.165) is 6.54 Å². The van der Waals surface area contributed by atoms with Gasteiger partial charge in [-0.05, 0) is 45.8 Å². The Morgan fingerprint density at radius 2 is 2.27 bits per heavy atom. The molecule has 1 heterocycles. The number of hydrogen-bond donors (Lipinski definition) is 1. The molecule has 3 heteroatoms. The zero-order valence-electron chi connectivity index (χ0n) is 10.6. The van der Waals surface area contributed by atoms with Crippen molar-refractivity contribution >= 4 is 0 Å². The van der Waals surface area contributed by atoms with Gasteiger partial charge in [-0.2, -0.15) is 0 Å². The van der Waals surface area contributed by atoms with Crippen molar-refractivity contribution < 1.29 is 4.74 Å². The molecule has 3 nitrogen and oxygen atoms in total. The van der Waals surface area contributed by atoms with Crippen LogP contribution in [0.1, 0.15) is 26.7 Å². The van der Waals surface area contributed by atoms with E-state index in [2.05, 4.69) is 24.1 Å². The second kappa shape index (κ2) is 6.46. The molecule has 90 valence electrons. The first kappa shape index (κ1) is 12.9. The van der Waals surface area contributed by atoms with Crippen molar-refractivity contribution in [3.8, 4) is 0 Å². The van der Waals surface area contributed by atoms with Crippen LogP contribution in [-0.2, 0) is 4.74 Å². The van der Waals surface area contributed by atoms with Crippen LogP contribution in [0, 0.1) is 5.92 Å². The summed E-state index contributed by atoms with van der Waals surface area (Å²) in [7, 11) is 3.86. The molecule has 0 aromatic rings. The molecule has 15 heavy (non-hydrogen) atoms. The number of ether oxygens (including phenoxy) is 1. The van der Waals surface area contributed by atoms with E-state index in [9.17, 15) is 0 Å². The van der Waals surface area contributed by atoms with Crippen LogP contribution < -0.4 is 5.32 Å². The van der Waals surface area contributed by atoms with Gasteiger partial charge in [-0.15, -0.1) is 0 Å². The fraction of sp³-hybridized carbons (Fsp3) is 1.00. The lowest BCUT2D eigenvalue weighted by molar-refractivity contribution is -0.00562. The molecule has 1 rings (SSSR count). The highest BCUT2D eigenvalue weighted by Crippen LogP contribution is 2.19. The van der Waals surface area contributed by atoms with Gasteiger partial charge in [0.25, 0.3) is 0 Å². The van der Waals surface area contributed by atoms with E-state index in [4.69, 9.17) is 4.74 Å². The number of methoxy groups -OCH3 is 1. The fourth-order valence-electron chi connectivity index (χ4n) is 2.13. The molecule has 1 aliphatic heterocycles. The Labute approximate surface area is 94.2 Å². The molecule has 0 aromatic heterocycles. The van der Waals surface area contributed by atoms with E-state index in [1.807, 2.05) is 14.2 Å². The summed E-state index contributed by atoms with van der Waals surface area (Å²) in [5, 5.41) is 3.28. The number of hydrogen-bond acceptors (Lipinski definition) is 3. The zero-order chi connectivity index (χ0) is 11.3. The lowest BCUT2D eigenvalue weighted by Crippen LogP contribution is -2.45. The molecule has 0 bridgehead atoms. The zero-order valence-corrected chi connectivity index (χ0v) is 10.6. The fourth-order valence-corrected chi connectivity index (χ4v) is 2.13. The van der Waals surface area contributed by atoms with Crippen LogP contribution in [0.15, 0.2) is 0 Å². The minimum absolute atomic E-state index is 0.434. The summed E-state index contributed by atoms with van der Waals surface area (Å²) in [5.41, 5.74) is 0. The largest absolute Gasteiger partial charge is 0.380 e. The average molecular weight is 214 g/mol. The maximum absolute atomic E-state index is 5.51. The quantitative estimate of drug-likeness (QED) is 0.747. The van der Waals surface area contributed by atoms with Crippen LogP contribution in [0.2, 0.25) is 0 Å². The molecule has 0 spiro atoms. The Bertz CT molecular complexity index is 175. The van der Waals surface area contributed by atoms with Crippen molar-refractivity contribution in [2.24, 2.45) is 5.92 Å². The number of rotatable bonds is 5. The first-order valence-electron chi connectivity index (χ1n) is 6.09. The highest BCUT2D eigenvalue weighted by molar-refractivity contribution is 4.79. The third-order valence-corrected chi connectivity index (χ3v) is 3.65. The van der Waals surface area contributed by atoms with E-state index in [1.165, 1.54) is 25.9 Å². The molecule has 0 saturated carbocycles. The average Bonchev–Trinajstić information content (AvgIpc) is 2.27. The van der Waals surface area contributed by atoms with Crippen LogP contribution in [-0.4, -0.2) is 50.8 Å². The molecule has 1 N–H and O–H groups in total. The Morgan fingerprint density at radius 3 is 2.87 bits per heavy atom. The Morgan fingerprint density at radius 1 is 1.53 bits per heavy atom. The van der Waals surface area contributed by atoms with Crippen LogP contribution in [0.25, 0.3) is 0 Å². The highest BCUT2D eigenvalue weighted by Gasteiger charge is 2.25. The van der Waals surface area contributed by atoms with Crippen molar-refractivity contribution in [1.29, 1.82) is 0 Å². The molecule has 0 aliphatic carbocycles. The van der Waals surface area contributed by atoms with Crippen LogP contribution in [0.5, 0.6) is 0 Å². The number of likely N-dealkylation sites (tertiary alicyclic amines) is 1. The molecule has 0 aromatic carbocycles. The van der Waals surface area contributed by atoms with Gasteiger partial charge >= 0.3 is 0 Å². The molecular weight excluding hydrogens is 188 g/mol. The molecule has 3 unspecified atom stereocenters. The van der Waals surface area contributed by atoms with Crippen molar-refractivity contribution in [1.82, 2.24) is 10.2 Å². The summed E-state index contributed by atoms with van der Waals surface area (Å²) in [4.78, 5) is 2.53. The number of piperidine rings is 1. The predicted molar refractivity (Wildman–Crippen MR) is 64.2 cm³/mol. The maximum atomic E-state index is 5.51. The van der Waals surface area contributed by atoms with Gasteiger partial charge in [-0.3, -0.25) is 0 Å². The molecule has 0 radical (unpaired) electrons. The second-order valence-corrected chi connectivity index (χ2v) is 4.82. The van der Waals surface area contributed by atoms with Crippen LogP contribution >= 0.6 is 0 Å². The van der Waals surface area contributed by atoms with Crippen molar-refractivity contribution in [3.05, 3.63) is 0 Å². The van der Waals surface area contributed by atoms with Crippen LogP contribution in [0.4, 0.5) is 0 Å². The predicted octanol–water partition coefficient (Wildman–Crippen LogP) is 1.34. The summed E-state index contributed by atoms with van der Waals surface area (Å²) >= 11 is 0. The smallest absolute Gasteiger partial charge is 0.0724 e. The third kappa shape index (κ3) is 4.09. The Balaban J connectivity index is 2.26. The van der Waals surface area contributed by atoms with Gasteiger partial charge < -0.3 is 15.0 Å². The standard InChI is InChI=1S/C12H26N2O/c1-10-5-7-14(9-12(10)15-4)8-6-11(2)13-3/h10-13H,5-9H2,1-4H3. The maximum Gasteiger partial charge on any atom is 0.0724 e. The minimum atomic E-state index is 0.434. The summed E-state index contributed by atoms with van der Waals surface area (Å²) in [5.74, 6) is 0.716. The van der Waals surface area contributed by atoms with Crippen molar-refractivity contribution in [3.63, 3.8) is 0 Å². The second-order valence-electron chi connectivity index (χ2n) is 4.82. The van der Waals surface area contributed by atoms with E-state index in [-0.39, 0.29) is 0 Å². The van der Waals surface area contributed by atoms with E-state index in [0.29, 0.717) is 18.1 Å². The Hall–Kier alpha value is -0.120. The molecule has 1 fully saturated rings. The third-order valence-electron chi connectivity index (χ3n) is 3.65. The van der Waals surface area contributed by atoms with E-state index in [1.54, 1.807) is 0 Å². The molecule has 1 saturated heterocycles. The molecule has 3 atom stereocenters. The lowest BCUT2D eigenvalue weighted by Gasteiger charge is -2.36. The minimum Gasteiger partial charge on any atom is -0.380 e. The molecule has 1 aliphatic rings. The lowest BCUT2D eigenvalue weighted by atomic mass is 9.95. The summed E-state index contributed by atoms with van der Waals surface area (Å²) in [6.07, 6.45) is 2.93. The van der Waals surface area contributed by atoms with Gasteiger partial charge in [0.1, 0.15) is 0 Å². The molecule has 0 amide bonds. The van der Waals surface area contributed by atoms with Crippen molar-refractivity contribution in [2.75, 3.05) is 33.8 Å². The first-order valence-corrected chi connectivity index (χ1v) is 6.09. The monoisotopic (exact) mass is 214 g/mol. The van der Waals surface area contributed by atoms with Gasteiger partial charge in [0.15, 0.2) is 0 Å². The van der Waals surface area contributed by atoms with Gasteiger partial charge in [0.2, 0.25) is 0 Å². The van der Waals surface area contributed by atoms with Gasteiger partial charge in [-0.1, -0.05) is 6.92 Å². The van der Waals surface area contributed by atoms with Crippen molar-refractivity contribution in [2.45, 2.75) is 38.8 Å². The topological polar surface area (TPSA) is 24.5 Å². The SMILES string of the molecule is CNC(C)CCN1CCC(C)C(OC)C1.